The van der Waals surface area contributed by atoms with Crippen molar-refractivity contribution >= 4 is 11.6 Å². The van der Waals surface area contributed by atoms with E-state index in [2.05, 4.69) is 16.3 Å². The van der Waals surface area contributed by atoms with Crippen molar-refractivity contribution < 1.29 is 9.59 Å². The first kappa shape index (κ1) is 11.9. The van der Waals surface area contributed by atoms with Crippen LogP contribution in [0.1, 0.15) is 25.7 Å². The highest BCUT2D eigenvalue weighted by Crippen LogP contribution is 2.29. The van der Waals surface area contributed by atoms with Crippen LogP contribution in [0.4, 0.5) is 0 Å². The van der Waals surface area contributed by atoms with Crippen molar-refractivity contribution in [1.82, 2.24) is 15.1 Å². The molecule has 1 atom stereocenters. The van der Waals surface area contributed by atoms with Gasteiger partial charge in [-0.3, -0.25) is 19.8 Å². The van der Waals surface area contributed by atoms with Gasteiger partial charge in [-0.15, -0.1) is 0 Å². The van der Waals surface area contributed by atoms with Crippen LogP contribution in [0.15, 0.2) is 12.3 Å². The Hall–Kier alpha value is -1.20. The molecule has 1 unspecified atom stereocenters. The van der Waals surface area contributed by atoms with Gasteiger partial charge in [0.25, 0.3) is 0 Å². The van der Waals surface area contributed by atoms with Crippen molar-refractivity contribution in [3.63, 3.8) is 0 Å². The molecule has 18 heavy (non-hydrogen) atoms. The summed E-state index contributed by atoms with van der Waals surface area (Å²) in [7, 11) is 0. The molecule has 3 heterocycles. The van der Waals surface area contributed by atoms with Crippen molar-refractivity contribution in [2.45, 2.75) is 31.5 Å². The minimum absolute atomic E-state index is 0.198. The molecule has 3 aliphatic heterocycles. The van der Waals surface area contributed by atoms with E-state index >= 15 is 0 Å². The highest BCUT2D eigenvalue weighted by atomic mass is 16.1. The van der Waals surface area contributed by atoms with E-state index in [9.17, 15) is 9.59 Å². The van der Waals surface area contributed by atoms with Gasteiger partial charge >= 0.3 is 0 Å². The topological polar surface area (TPSA) is 52.7 Å². The lowest BCUT2D eigenvalue weighted by molar-refractivity contribution is -0.146. The van der Waals surface area contributed by atoms with Crippen LogP contribution in [-0.2, 0) is 9.59 Å². The van der Waals surface area contributed by atoms with Crippen LogP contribution in [-0.4, -0.2) is 53.3 Å². The molecule has 0 aromatic rings. The van der Waals surface area contributed by atoms with Crippen LogP contribution < -0.4 is 5.32 Å². The minimum Gasteiger partial charge on any atom is -0.341 e. The highest BCUT2D eigenvalue weighted by Gasteiger charge is 2.51. The summed E-state index contributed by atoms with van der Waals surface area (Å²) < 4.78 is 0. The second kappa shape index (κ2) is 4.48. The number of hydrogen-bond acceptors (Lipinski definition) is 5. The van der Waals surface area contributed by atoms with Gasteiger partial charge in [-0.05, 0) is 19.0 Å². The van der Waals surface area contributed by atoms with Gasteiger partial charge in [0.15, 0.2) is 5.78 Å². The van der Waals surface area contributed by atoms with E-state index in [4.69, 9.17) is 0 Å². The van der Waals surface area contributed by atoms with E-state index in [-0.39, 0.29) is 11.6 Å². The SMILES string of the molecule is O=C1CCCN(C2(N3C=CCC3)NCCC2=O)C1. The smallest absolute Gasteiger partial charge is 0.210 e. The van der Waals surface area contributed by atoms with Crippen LogP contribution in [0.5, 0.6) is 0 Å². The van der Waals surface area contributed by atoms with E-state index in [1.807, 2.05) is 11.1 Å². The number of nitrogens with zero attached hydrogens (tertiary/aromatic N) is 2. The molecular formula is C13H19N3O2. The molecule has 3 aliphatic rings. The number of ketones is 2. The maximum Gasteiger partial charge on any atom is 0.210 e. The lowest BCUT2D eigenvalue weighted by Gasteiger charge is -2.47. The summed E-state index contributed by atoms with van der Waals surface area (Å²) in [5.41, 5.74) is 0. The number of piperidine rings is 1. The van der Waals surface area contributed by atoms with Gasteiger partial charge in [-0.1, -0.05) is 6.08 Å². The Morgan fingerprint density at radius 1 is 1.22 bits per heavy atom. The Kier molecular flexibility index (Phi) is 2.95. The zero-order chi connectivity index (χ0) is 12.6. The molecular weight excluding hydrogens is 230 g/mol. The van der Waals surface area contributed by atoms with E-state index in [1.165, 1.54) is 0 Å². The maximum absolute atomic E-state index is 12.4. The molecule has 0 bridgehead atoms. The number of rotatable bonds is 2. The standard InChI is InChI=1S/C13H19N3O2/c17-11-4-3-9-16(10-11)13(12(18)5-6-14-13)15-7-1-2-8-15/h1,7,14H,2-6,8-10H2. The van der Waals surface area contributed by atoms with Crippen LogP contribution in [0, 0.1) is 0 Å². The molecule has 0 spiro atoms. The van der Waals surface area contributed by atoms with Crippen LogP contribution in [0.2, 0.25) is 0 Å². The normalized spacial score (nSPS) is 33.7. The number of likely N-dealkylation sites (tertiary alicyclic amines) is 1. The zero-order valence-electron chi connectivity index (χ0n) is 10.5. The Bertz CT molecular complexity index is 407. The first-order chi connectivity index (χ1) is 8.73. The Morgan fingerprint density at radius 2 is 2.11 bits per heavy atom. The summed E-state index contributed by atoms with van der Waals surface area (Å²) in [4.78, 5) is 28.2. The van der Waals surface area contributed by atoms with Gasteiger partial charge in [0, 0.05) is 32.5 Å². The molecule has 2 fully saturated rings. The largest absolute Gasteiger partial charge is 0.341 e. The van der Waals surface area contributed by atoms with Crippen molar-refractivity contribution in [1.29, 1.82) is 0 Å². The minimum atomic E-state index is -0.747. The summed E-state index contributed by atoms with van der Waals surface area (Å²) in [5, 5.41) is 3.35. The van der Waals surface area contributed by atoms with Gasteiger partial charge in [-0.2, -0.15) is 0 Å². The average Bonchev–Trinajstić information content (AvgIpc) is 2.98. The molecule has 1 N–H and O–H groups in total. The molecule has 2 saturated heterocycles. The third-order valence-corrected chi connectivity index (χ3v) is 4.06. The molecule has 0 aromatic heterocycles. The van der Waals surface area contributed by atoms with Crippen molar-refractivity contribution in [3.05, 3.63) is 12.3 Å². The zero-order valence-corrected chi connectivity index (χ0v) is 10.5. The van der Waals surface area contributed by atoms with E-state index in [1.54, 1.807) is 0 Å². The van der Waals surface area contributed by atoms with Crippen molar-refractivity contribution in [2.75, 3.05) is 26.2 Å². The quantitative estimate of drug-likeness (QED) is 0.751. The Labute approximate surface area is 107 Å². The first-order valence-corrected chi connectivity index (χ1v) is 6.72. The van der Waals surface area contributed by atoms with Gasteiger partial charge < -0.3 is 4.90 Å². The Balaban J connectivity index is 1.91. The Morgan fingerprint density at radius 3 is 2.72 bits per heavy atom. The number of Topliss-reactive ketones (excluding diaryl/α,β-unsaturated/α-hetero) is 2. The monoisotopic (exact) mass is 249 g/mol. The second-order valence-electron chi connectivity index (χ2n) is 5.20. The number of carbonyl (C=O) groups is 2. The summed E-state index contributed by atoms with van der Waals surface area (Å²) in [6, 6.07) is 0. The average molecular weight is 249 g/mol. The molecule has 0 aromatic carbocycles. The maximum atomic E-state index is 12.4. The summed E-state index contributed by atoms with van der Waals surface area (Å²) in [6.45, 7) is 2.76. The predicted octanol–water partition coefficient (Wildman–Crippen LogP) is 0.0869. The fourth-order valence-electron chi connectivity index (χ4n) is 3.23. The van der Waals surface area contributed by atoms with Crippen LogP contribution >= 0.6 is 0 Å². The summed E-state index contributed by atoms with van der Waals surface area (Å²) in [6.07, 6.45) is 7.10. The van der Waals surface area contributed by atoms with Crippen molar-refractivity contribution in [2.24, 2.45) is 0 Å². The molecule has 5 nitrogen and oxygen atoms in total. The van der Waals surface area contributed by atoms with Crippen LogP contribution in [0.25, 0.3) is 0 Å². The van der Waals surface area contributed by atoms with Gasteiger partial charge in [0.05, 0.1) is 6.54 Å². The van der Waals surface area contributed by atoms with E-state index < -0.39 is 5.79 Å². The van der Waals surface area contributed by atoms with Crippen molar-refractivity contribution in [3.8, 4) is 0 Å². The van der Waals surface area contributed by atoms with E-state index in [0.717, 1.165) is 25.9 Å². The number of nitrogens with one attached hydrogen (secondary N) is 1. The molecule has 0 amide bonds. The van der Waals surface area contributed by atoms with Gasteiger partial charge in [0.2, 0.25) is 5.79 Å². The highest BCUT2D eigenvalue weighted by molar-refractivity contribution is 5.91. The molecule has 98 valence electrons. The molecule has 3 rings (SSSR count). The summed E-state index contributed by atoms with van der Waals surface area (Å²) in [5.74, 6) is -0.308. The molecule has 0 saturated carbocycles. The third-order valence-electron chi connectivity index (χ3n) is 4.06. The molecule has 5 heteroatoms. The number of hydrogen-bond donors (Lipinski definition) is 1. The predicted molar refractivity (Wildman–Crippen MR) is 66.6 cm³/mol. The fourth-order valence-corrected chi connectivity index (χ4v) is 3.23. The lowest BCUT2D eigenvalue weighted by atomic mass is 10.0. The van der Waals surface area contributed by atoms with Crippen LogP contribution in [0.3, 0.4) is 0 Å². The fraction of sp³-hybridized carbons (Fsp3) is 0.692. The van der Waals surface area contributed by atoms with E-state index in [0.29, 0.717) is 25.9 Å². The molecule has 0 aliphatic carbocycles. The summed E-state index contributed by atoms with van der Waals surface area (Å²) >= 11 is 0. The lowest BCUT2D eigenvalue weighted by Crippen LogP contribution is -2.69. The second-order valence-corrected chi connectivity index (χ2v) is 5.20. The van der Waals surface area contributed by atoms with Gasteiger partial charge in [-0.25, -0.2) is 0 Å². The molecule has 0 radical (unpaired) electrons. The van der Waals surface area contributed by atoms with Gasteiger partial charge in [0.1, 0.15) is 5.78 Å². The first-order valence-electron chi connectivity index (χ1n) is 6.72. The number of carbonyl (C=O) groups excluding carboxylic acids is 2. The third kappa shape index (κ3) is 1.69.